The maximum absolute atomic E-state index is 12.3. The molecule has 6 heteroatoms. The summed E-state index contributed by atoms with van der Waals surface area (Å²) in [5.41, 5.74) is 0.480. The van der Waals surface area contributed by atoms with E-state index in [0.29, 0.717) is 26.1 Å². The number of benzene rings is 1. The molecule has 6 nitrogen and oxygen atoms in total. The van der Waals surface area contributed by atoms with Crippen LogP contribution >= 0.6 is 0 Å². The molecular weight excluding hydrogens is 322 g/mol. The van der Waals surface area contributed by atoms with E-state index in [9.17, 15) is 9.59 Å². The van der Waals surface area contributed by atoms with Crippen molar-refractivity contribution in [1.29, 1.82) is 0 Å². The maximum Gasteiger partial charge on any atom is 0.408 e. The van der Waals surface area contributed by atoms with Crippen molar-refractivity contribution < 1.29 is 23.8 Å². The standard InChI is InChI=1S/C19H29NO5/c1-19(2,3)25-18(22)20-16(14-23-4)17(21)11-8-12-24-13-15-9-6-5-7-10-15/h5-7,9-10,16H,8,11-14H2,1-4H3,(H,20,22)/t16-/m0/s1. The van der Waals surface area contributed by atoms with Gasteiger partial charge in [0.1, 0.15) is 11.6 Å². The van der Waals surface area contributed by atoms with E-state index in [1.807, 2.05) is 30.3 Å². The molecule has 1 rings (SSSR count). The summed E-state index contributed by atoms with van der Waals surface area (Å²) < 4.78 is 15.8. The first kappa shape index (κ1) is 21.1. The van der Waals surface area contributed by atoms with Crippen LogP contribution in [0.4, 0.5) is 4.79 Å². The quantitative estimate of drug-likeness (QED) is 0.656. The van der Waals surface area contributed by atoms with Gasteiger partial charge in [0.05, 0.1) is 13.2 Å². The van der Waals surface area contributed by atoms with Gasteiger partial charge >= 0.3 is 6.09 Å². The Labute approximate surface area is 149 Å². The molecule has 0 heterocycles. The summed E-state index contributed by atoms with van der Waals surface area (Å²) in [6.07, 6.45) is 0.267. The van der Waals surface area contributed by atoms with Gasteiger partial charge in [0.15, 0.2) is 5.78 Å². The summed E-state index contributed by atoms with van der Waals surface area (Å²) in [6.45, 7) is 6.42. The zero-order valence-corrected chi connectivity index (χ0v) is 15.5. The highest BCUT2D eigenvalue weighted by atomic mass is 16.6. The van der Waals surface area contributed by atoms with Crippen molar-refractivity contribution in [2.75, 3.05) is 20.3 Å². The van der Waals surface area contributed by atoms with E-state index in [2.05, 4.69) is 5.32 Å². The van der Waals surface area contributed by atoms with E-state index in [0.717, 1.165) is 5.56 Å². The third-order valence-electron chi connectivity index (χ3n) is 3.24. The fourth-order valence-corrected chi connectivity index (χ4v) is 2.12. The lowest BCUT2D eigenvalue weighted by atomic mass is 10.1. The average Bonchev–Trinajstić information content (AvgIpc) is 2.53. The fourth-order valence-electron chi connectivity index (χ4n) is 2.12. The Morgan fingerprint density at radius 3 is 2.44 bits per heavy atom. The predicted octanol–water partition coefficient (Wildman–Crippen LogP) is 3.09. The van der Waals surface area contributed by atoms with Gasteiger partial charge in [-0.05, 0) is 32.8 Å². The van der Waals surface area contributed by atoms with Gasteiger partial charge in [0, 0.05) is 20.1 Å². The second kappa shape index (κ2) is 10.8. The van der Waals surface area contributed by atoms with Crippen molar-refractivity contribution in [2.45, 2.75) is 51.9 Å². The number of hydrogen-bond acceptors (Lipinski definition) is 5. The first-order valence-electron chi connectivity index (χ1n) is 8.44. The number of ether oxygens (including phenoxy) is 3. The van der Waals surface area contributed by atoms with Gasteiger partial charge in [0.2, 0.25) is 0 Å². The molecule has 0 aromatic heterocycles. The molecular formula is C19H29NO5. The first-order chi connectivity index (χ1) is 11.8. The van der Waals surface area contributed by atoms with Crippen molar-refractivity contribution in [1.82, 2.24) is 5.32 Å². The van der Waals surface area contributed by atoms with Crippen LogP contribution in [-0.4, -0.2) is 43.8 Å². The number of rotatable bonds is 10. The number of amides is 1. The lowest BCUT2D eigenvalue weighted by Gasteiger charge is -2.22. The van der Waals surface area contributed by atoms with Gasteiger partial charge in [-0.3, -0.25) is 4.79 Å². The molecule has 0 fully saturated rings. The molecule has 25 heavy (non-hydrogen) atoms. The molecule has 0 aliphatic heterocycles. The number of alkyl carbamates (subject to hydrolysis) is 1. The molecule has 0 aliphatic carbocycles. The Kier molecular flexibility index (Phi) is 9.16. The average molecular weight is 351 g/mol. The third kappa shape index (κ3) is 9.84. The highest BCUT2D eigenvalue weighted by Crippen LogP contribution is 2.08. The van der Waals surface area contributed by atoms with Crippen LogP contribution in [0.1, 0.15) is 39.2 Å². The Bertz CT molecular complexity index is 524. The monoisotopic (exact) mass is 351 g/mol. The molecule has 0 spiro atoms. The molecule has 0 aliphatic rings. The Morgan fingerprint density at radius 2 is 1.84 bits per heavy atom. The van der Waals surface area contributed by atoms with Gasteiger partial charge < -0.3 is 19.5 Å². The zero-order valence-electron chi connectivity index (χ0n) is 15.5. The van der Waals surface area contributed by atoms with Crippen LogP contribution in [0.25, 0.3) is 0 Å². The number of nitrogens with one attached hydrogen (secondary N) is 1. The van der Waals surface area contributed by atoms with Crippen LogP contribution in [0.15, 0.2) is 30.3 Å². The Hall–Kier alpha value is -1.92. The van der Waals surface area contributed by atoms with E-state index in [1.54, 1.807) is 20.8 Å². The Morgan fingerprint density at radius 1 is 1.16 bits per heavy atom. The summed E-state index contributed by atoms with van der Waals surface area (Å²) in [7, 11) is 1.49. The van der Waals surface area contributed by atoms with Gasteiger partial charge in [-0.25, -0.2) is 4.79 Å². The molecule has 140 valence electrons. The van der Waals surface area contributed by atoms with Crippen molar-refractivity contribution in [3.05, 3.63) is 35.9 Å². The minimum absolute atomic E-state index is 0.101. The van der Waals surface area contributed by atoms with E-state index >= 15 is 0 Å². The predicted molar refractivity (Wildman–Crippen MR) is 95.4 cm³/mol. The van der Waals surface area contributed by atoms with E-state index in [1.165, 1.54) is 7.11 Å². The molecule has 1 atom stereocenters. The van der Waals surface area contributed by atoms with Crippen molar-refractivity contribution in [2.24, 2.45) is 0 Å². The summed E-state index contributed by atoms with van der Waals surface area (Å²) in [4.78, 5) is 24.1. The fraction of sp³-hybridized carbons (Fsp3) is 0.579. The van der Waals surface area contributed by atoms with Crippen LogP contribution < -0.4 is 5.32 Å². The first-order valence-corrected chi connectivity index (χ1v) is 8.44. The SMILES string of the molecule is COC[C@H](NC(=O)OC(C)(C)C)C(=O)CCCOCc1ccccc1. The third-order valence-corrected chi connectivity index (χ3v) is 3.24. The molecule has 0 bridgehead atoms. The van der Waals surface area contributed by atoms with Crippen LogP contribution in [0.3, 0.4) is 0 Å². The second-order valence-electron chi connectivity index (χ2n) is 6.76. The Balaban J connectivity index is 2.31. The van der Waals surface area contributed by atoms with Gasteiger partial charge in [-0.15, -0.1) is 0 Å². The molecule has 1 aromatic carbocycles. The molecule has 0 saturated heterocycles. The number of carbonyl (C=O) groups excluding carboxylic acids is 2. The van der Waals surface area contributed by atoms with Crippen LogP contribution in [0.2, 0.25) is 0 Å². The van der Waals surface area contributed by atoms with Crippen LogP contribution in [-0.2, 0) is 25.6 Å². The van der Waals surface area contributed by atoms with Gasteiger partial charge in [-0.2, -0.15) is 0 Å². The van der Waals surface area contributed by atoms with E-state index < -0.39 is 17.7 Å². The zero-order chi connectivity index (χ0) is 18.7. The van der Waals surface area contributed by atoms with Crippen LogP contribution in [0.5, 0.6) is 0 Å². The van der Waals surface area contributed by atoms with E-state index in [4.69, 9.17) is 14.2 Å². The minimum Gasteiger partial charge on any atom is -0.444 e. The number of Topliss-reactive ketones (excluding diaryl/α,β-unsaturated/α-hetero) is 1. The minimum atomic E-state index is -0.714. The van der Waals surface area contributed by atoms with Crippen molar-refractivity contribution in [3.8, 4) is 0 Å². The molecule has 0 radical (unpaired) electrons. The molecule has 0 saturated carbocycles. The topological polar surface area (TPSA) is 73.9 Å². The lowest BCUT2D eigenvalue weighted by Crippen LogP contribution is -2.46. The normalized spacial score (nSPS) is 12.5. The second-order valence-corrected chi connectivity index (χ2v) is 6.76. The number of carbonyl (C=O) groups is 2. The summed E-state index contributed by atoms with van der Waals surface area (Å²) >= 11 is 0. The molecule has 0 unspecified atom stereocenters. The van der Waals surface area contributed by atoms with Crippen molar-refractivity contribution in [3.63, 3.8) is 0 Å². The summed E-state index contributed by atoms with van der Waals surface area (Å²) in [5.74, 6) is -0.101. The summed E-state index contributed by atoms with van der Waals surface area (Å²) in [6, 6.07) is 9.14. The molecule has 1 N–H and O–H groups in total. The van der Waals surface area contributed by atoms with Gasteiger partial charge in [-0.1, -0.05) is 30.3 Å². The van der Waals surface area contributed by atoms with E-state index in [-0.39, 0.29) is 12.4 Å². The molecule has 1 amide bonds. The summed E-state index contributed by atoms with van der Waals surface area (Å²) in [5, 5.41) is 2.56. The number of ketones is 1. The van der Waals surface area contributed by atoms with Crippen molar-refractivity contribution >= 4 is 11.9 Å². The van der Waals surface area contributed by atoms with Gasteiger partial charge in [0.25, 0.3) is 0 Å². The highest BCUT2D eigenvalue weighted by molar-refractivity contribution is 5.87. The number of methoxy groups -OCH3 is 1. The molecule has 1 aromatic rings. The van der Waals surface area contributed by atoms with Crippen LogP contribution in [0, 0.1) is 0 Å². The highest BCUT2D eigenvalue weighted by Gasteiger charge is 2.23. The maximum atomic E-state index is 12.3. The number of hydrogen-bond donors (Lipinski definition) is 1. The lowest BCUT2D eigenvalue weighted by molar-refractivity contribution is -0.122. The smallest absolute Gasteiger partial charge is 0.408 e. The largest absolute Gasteiger partial charge is 0.444 e.